The Morgan fingerprint density at radius 1 is 1.32 bits per heavy atom. The van der Waals surface area contributed by atoms with Crippen molar-refractivity contribution in [2.24, 2.45) is 0 Å². The summed E-state index contributed by atoms with van der Waals surface area (Å²) in [4.78, 5) is 11.9. The lowest BCUT2D eigenvalue weighted by Gasteiger charge is -2.09. The van der Waals surface area contributed by atoms with Gasteiger partial charge in [0.15, 0.2) is 5.78 Å². The third-order valence-corrected chi connectivity index (χ3v) is 3.00. The highest BCUT2D eigenvalue weighted by Crippen LogP contribution is 2.22. The molecule has 0 spiro atoms. The zero-order valence-electron chi connectivity index (χ0n) is 11.0. The zero-order valence-corrected chi connectivity index (χ0v) is 11.0. The maximum atomic E-state index is 13.5. The first kappa shape index (κ1) is 15.3. The molecule has 1 rings (SSSR count). The molecule has 0 saturated heterocycles. The van der Waals surface area contributed by atoms with Crippen molar-refractivity contribution in [1.29, 1.82) is 5.26 Å². The zero-order chi connectivity index (χ0) is 14.3. The minimum atomic E-state index is -1.14. The van der Waals surface area contributed by atoms with Gasteiger partial charge >= 0.3 is 0 Å². The van der Waals surface area contributed by atoms with Gasteiger partial charge in [-0.15, -0.1) is 0 Å². The van der Waals surface area contributed by atoms with Crippen LogP contribution in [-0.4, -0.2) is 5.78 Å². The van der Waals surface area contributed by atoms with Gasteiger partial charge < -0.3 is 0 Å². The van der Waals surface area contributed by atoms with Crippen LogP contribution in [0.15, 0.2) is 18.2 Å². The molecule has 0 fully saturated rings. The monoisotopic (exact) mass is 265 g/mol. The molecule has 0 aliphatic heterocycles. The van der Waals surface area contributed by atoms with E-state index in [4.69, 9.17) is 5.26 Å². The molecule has 0 N–H and O–H groups in total. The lowest BCUT2D eigenvalue weighted by Crippen LogP contribution is -2.12. The summed E-state index contributed by atoms with van der Waals surface area (Å²) in [6.45, 7) is 2.06. The summed E-state index contributed by atoms with van der Waals surface area (Å²) in [5.74, 6) is -2.99. The van der Waals surface area contributed by atoms with Crippen LogP contribution in [0.2, 0.25) is 0 Å². The molecule has 1 aromatic rings. The van der Waals surface area contributed by atoms with Crippen LogP contribution in [0.1, 0.15) is 50.5 Å². The van der Waals surface area contributed by atoms with Crippen LogP contribution in [0.5, 0.6) is 0 Å². The van der Waals surface area contributed by atoms with E-state index in [9.17, 15) is 13.6 Å². The molecular formula is C15H17F2NO. The Hall–Kier alpha value is -1.76. The fourth-order valence-electron chi connectivity index (χ4n) is 1.92. The van der Waals surface area contributed by atoms with E-state index in [1.807, 2.05) is 6.07 Å². The number of nitriles is 1. The standard InChI is InChI=1S/C15H17F2NO/c1-2-3-4-5-6-15(19)13(10-18)12-8-7-11(16)9-14(12)17/h7-9,13H,2-6H2,1H3. The average molecular weight is 265 g/mol. The number of nitrogens with zero attached hydrogens (tertiary/aromatic N) is 1. The molecule has 0 amide bonds. The summed E-state index contributed by atoms with van der Waals surface area (Å²) in [5.41, 5.74) is -0.0376. The van der Waals surface area contributed by atoms with Gasteiger partial charge in [0.05, 0.1) is 6.07 Å². The Morgan fingerprint density at radius 3 is 2.63 bits per heavy atom. The molecule has 1 atom stereocenters. The Labute approximate surface area is 112 Å². The number of ketones is 1. The normalized spacial score (nSPS) is 11.9. The predicted octanol–water partition coefficient (Wildman–Crippen LogP) is 4.11. The molecule has 2 nitrogen and oxygen atoms in total. The van der Waals surface area contributed by atoms with E-state index in [0.717, 1.165) is 25.3 Å². The van der Waals surface area contributed by atoms with E-state index < -0.39 is 17.6 Å². The maximum Gasteiger partial charge on any atom is 0.154 e. The number of benzene rings is 1. The van der Waals surface area contributed by atoms with E-state index in [1.54, 1.807) is 0 Å². The molecule has 0 aromatic heterocycles. The quantitative estimate of drug-likeness (QED) is 0.696. The second-order valence-corrected chi connectivity index (χ2v) is 4.50. The molecule has 0 aliphatic carbocycles. The van der Waals surface area contributed by atoms with Crippen molar-refractivity contribution in [2.45, 2.75) is 44.9 Å². The van der Waals surface area contributed by atoms with Gasteiger partial charge in [0.2, 0.25) is 0 Å². The SMILES string of the molecule is CCCCCCC(=O)C(C#N)c1ccc(F)cc1F. The van der Waals surface area contributed by atoms with E-state index >= 15 is 0 Å². The topological polar surface area (TPSA) is 40.9 Å². The smallest absolute Gasteiger partial charge is 0.154 e. The summed E-state index contributed by atoms with van der Waals surface area (Å²) in [6.07, 6.45) is 3.98. The number of halogens is 2. The first-order chi connectivity index (χ1) is 9.10. The van der Waals surface area contributed by atoms with Crippen LogP contribution in [0.25, 0.3) is 0 Å². The Balaban J connectivity index is 2.72. The predicted molar refractivity (Wildman–Crippen MR) is 68.5 cm³/mol. The number of rotatable bonds is 7. The third kappa shape index (κ3) is 4.44. The van der Waals surface area contributed by atoms with Gasteiger partial charge in [-0.25, -0.2) is 8.78 Å². The van der Waals surface area contributed by atoms with Crippen LogP contribution in [0, 0.1) is 23.0 Å². The van der Waals surface area contributed by atoms with E-state index in [1.165, 1.54) is 6.07 Å². The van der Waals surface area contributed by atoms with E-state index in [-0.39, 0.29) is 17.8 Å². The van der Waals surface area contributed by atoms with Gasteiger partial charge in [-0.2, -0.15) is 5.26 Å². The van der Waals surface area contributed by atoms with Gasteiger partial charge in [0.25, 0.3) is 0 Å². The molecule has 4 heteroatoms. The first-order valence-corrected chi connectivity index (χ1v) is 6.47. The summed E-state index contributed by atoms with van der Waals surface area (Å²) < 4.78 is 26.3. The van der Waals surface area contributed by atoms with Crippen LogP contribution in [-0.2, 0) is 4.79 Å². The molecule has 1 unspecified atom stereocenters. The second kappa shape index (κ2) is 7.63. The summed E-state index contributed by atoms with van der Waals surface area (Å²) in [6, 6.07) is 4.74. The van der Waals surface area contributed by atoms with Crippen molar-refractivity contribution in [2.75, 3.05) is 0 Å². The molecular weight excluding hydrogens is 248 g/mol. The van der Waals surface area contributed by atoms with Crippen molar-refractivity contribution >= 4 is 5.78 Å². The van der Waals surface area contributed by atoms with Crippen molar-refractivity contribution in [3.8, 4) is 6.07 Å². The molecule has 102 valence electrons. The van der Waals surface area contributed by atoms with Crippen molar-refractivity contribution in [3.63, 3.8) is 0 Å². The van der Waals surface area contributed by atoms with Crippen LogP contribution in [0.3, 0.4) is 0 Å². The van der Waals surface area contributed by atoms with Crippen LogP contribution >= 0.6 is 0 Å². The lowest BCUT2D eigenvalue weighted by molar-refractivity contribution is -0.119. The van der Waals surface area contributed by atoms with Crippen LogP contribution in [0.4, 0.5) is 8.78 Å². The molecule has 0 bridgehead atoms. The highest BCUT2D eigenvalue weighted by molar-refractivity contribution is 5.88. The van der Waals surface area contributed by atoms with E-state index in [0.29, 0.717) is 12.5 Å². The number of hydrogen-bond acceptors (Lipinski definition) is 2. The molecule has 0 saturated carbocycles. The first-order valence-electron chi connectivity index (χ1n) is 6.47. The molecule has 0 heterocycles. The fourth-order valence-corrected chi connectivity index (χ4v) is 1.92. The Kier molecular flexibility index (Phi) is 6.14. The van der Waals surface area contributed by atoms with Crippen molar-refractivity contribution < 1.29 is 13.6 Å². The average Bonchev–Trinajstić information content (AvgIpc) is 2.38. The number of carbonyl (C=O) groups excluding carboxylic acids is 1. The van der Waals surface area contributed by atoms with Gasteiger partial charge in [-0.3, -0.25) is 4.79 Å². The minimum absolute atomic E-state index is 0.0376. The van der Waals surface area contributed by atoms with Gasteiger partial charge in [-0.05, 0) is 12.5 Å². The molecule has 1 aromatic carbocycles. The number of hydrogen-bond donors (Lipinski definition) is 0. The summed E-state index contributed by atoms with van der Waals surface area (Å²) >= 11 is 0. The summed E-state index contributed by atoms with van der Waals surface area (Å²) in [5, 5.41) is 9.02. The van der Waals surface area contributed by atoms with E-state index in [2.05, 4.69) is 6.92 Å². The molecule has 19 heavy (non-hydrogen) atoms. The largest absolute Gasteiger partial charge is 0.298 e. The van der Waals surface area contributed by atoms with Crippen molar-refractivity contribution in [3.05, 3.63) is 35.4 Å². The number of Topliss-reactive ketones (excluding diaryl/α,β-unsaturated/α-hetero) is 1. The highest BCUT2D eigenvalue weighted by Gasteiger charge is 2.22. The Bertz CT molecular complexity index is 480. The maximum absolute atomic E-state index is 13.5. The van der Waals surface area contributed by atoms with Crippen molar-refractivity contribution in [1.82, 2.24) is 0 Å². The minimum Gasteiger partial charge on any atom is -0.298 e. The molecule has 0 aliphatic rings. The molecule has 0 radical (unpaired) electrons. The third-order valence-electron chi connectivity index (χ3n) is 3.00. The highest BCUT2D eigenvalue weighted by atomic mass is 19.1. The van der Waals surface area contributed by atoms with Gasteiger partial charge in [0.1, 0.15) is 17.6 Å². The van der Waals surface area contributed by atoms with Gasteiger partial charge in [0, 0.05) is 18.1 Å². The number of unbranched alkanes of at least 4 members (excludes halogenated alkanes) is 3. The lowest BCUT2D eigenvalue weighted by atomic mass is 9.92. The fraction of sp³-hybridized carbons (Fsp3) is 0.467. The Morgan fingerprint density at radius 2 is 2.05 bits per heavy atom. The van der Waals surface area contributed by atoms with Gasteiger partial charge in [-0.1, -0.05) is 32.3 Å². The second-order valence-electron chi connectivity index (χ2n) is 4.50. The van der Waals surface area contributed by atoms with Crippen LogP contribution < -0.4 is 0 Å². The number of carbonyl (C=O) groups is 1. The summed E-state index contributed by atoms with van der Waals surface area (Å²) in [7, 11) is 0.